The van der Waals surface area contributed by atoms with Gasteiger partial charge in [0.05, 0.1) is 6.54 Å². The van der Waals surface area contributed by atoms with E-state index in [1.807, 2.05) is 30.3 Å². The number of hydrogen-bond donors (Lipinski definition) is 1. The first-order chi connectivity index (χ1) is 6.34. The van der Waals surface area contributed by atoms with Gasteiger partial charge in [0, 0.05) is 25.3 Å². The summed E-state index contributed by atoms with van der Waals surface area (Å²) in [6, 6.07) is 10.0. The normalized spacial score (nSPS) is 19.4. The molecule has 0 aromatic heterocycles. The van der Waals surface area contributed by atoms with E-state index in [1.165, 1.54) is 5.56 Å². The van der Waals surface area contributed by atoms with E-state index in [4.69, 9.17) is 4.74 Å². The first kappa shape index (κ1) is 11.2. The number of cyclic esters (lactones) is 1. The SMILES string of the molecule is O=C1NCC(Cc2ccccc2)O1.[Li]. The van der Waals surface area contributed by atoms with Gasteiger partial charge in [0.15, 0.2) is 0 Å². The third-order valence-electron chi connectivity index (χ3n) is 2.05. The fraction of sp³-hybridized carbons (Fsp3) is 0.300. The average Bonchev–Trinajstić information content (AvgIpc) is 2.53. The van der Waals surface area contributed by atoms with Crippen molar-refractivity contribution < 1.29 is 9.53 Å². The van der Waals surface area contributed by atoms with Crippen LogP contribution in [0.3, 0.4) is 0 Å². The molecule has 1 amide bonds. The molecule has 1 radical (unpaired) electrons. The molecular weight excluding hydrogens is 173 g/mol. The zero-order valence-electron chi connectivity index (χ0n) is 8.19. The van der Waals surface area contributed by atoms with Crippen LogP contribution < -0.4 is 5.32 Å². The summed E-state index contributed by atoms with van der Waals surface area (Å²) in [5.41, 5.74) is 1.20. The zero-order valence-corrected chi connectivity index (χ0v) is 8.19. The second kappa shape index (κ2) is 5.09. The number of alkyl carbamates (subject to hydrolysis) is 1. The van der Waals surface area contributed by atoms with Gasteiger partial charge in [-0.1, -0.05) is 30.3 Å². The second-order valence-electron chi connectivity index (χ2n) is 3.10. The maximum atomic E-state index is 10.7. The summed E-state index contributed by atoms with van der Waals surface area (Å²) in [5, 5.41) is 2.63. The summed E-state index contributed by atoms with van der Waals surface area (Å²) in [4.78, 5) is 10.7. The standard InChI is InChI=1S/C10H11NO2.Li/c12-10-11-7-9(13-10)6-8-4-2-1-3-5-8;/h1-5,9H,6-7H2,(H,11,12);. The van der Waals surface area contributed by atoms with E-state index in [0.29, 0.717) is 6.54 Å². The molecule has 1 fully saturated rings. The van der Waals surface area contributed by atoms with E-state index in [1.54, 1.807) is 0 Å². The molecule has 1 heterocycles. The van der Waals surface area contributed by atoms with Crippen molar-refractivity contribution in [2.75, 3.05) is 6.54 Å². The van der Waals surface area contributed by atoms with Crippen molar-refractivity contribution in [1.82, 2.24) is 5.32 Å². The number of hydrogen-bond acceptors (Lipinski definition) is 2. The van der Waals surface area contributed by atoms with Gasteiger partial charge in [-0.3, -0.25) is 0 Å². The van der Waals surface area contributed by atoms with Crippen molar-refractivity contribution in [3.05, 3.63) is 35.9 Å². The predicted octanol–water partition coefficient (Wildman–Crippen LogP) is 0.957. The molecule has 0 bridgehead atoms. The number of benzene rings is 1. The van der Waals surface area contributed by atoms with Crippen LogP contribution in [0.4, 0.5) is 4.79 Å². The number of carbonyl (C=O) groups is 1. The molecule has 1 atom stereocenters. The Balaban J connectivity index is 0.000000980. The molecule has 0 saturated carbocycles. The first-order valence-electron chi connectivity index (χ1n) is 4.33. The van der Waals surface area contributed by atoms with Crippen LogP contribution in [0, 0.1) is 0 Å². The minimum Gasteiger partial charge on any atom is -0.444 e. The van der Waals surface area contributed by atoms with Crippen LogP contribution in [0.25, 0.3) is 0 Å². The van der Waals surface area contributed by atoms with Crippen LogP contribution >= 0.6 is 0 Å². The van der Waals surface area contributed by atoms with Gasteiger partial charge in [0.2, 0.25) is 0 Å². The molecular formula is C10H11LiNO2. The Morgan fingerprint density at radius 3 is 2.64 bits per heavy atom. The smallest absolute Gasteiger partial charge is 0.407 e. The number of nitrogens with one attached hydrogen (secondary N) is 1. The molecule has 14 heavy (non-hydrogen) atoms. The minimum atomic E-state index is -0.305. The Bertz CT molecular complexity index is 302. The molecule has 4 heteroatoms. The van der Waals surface area contributed by atoms with E-state index < -0.39 is 0 Å². The average molecular weight is 184 g/mol. The Morgan fingerprint density at radius 1 is 1.36 bits per heavy atom. The Morgan fingerprint density at radius 2 is 2.07 bits per heavy atom. The fourth-order valence-electron chi connectivity index (χ4n) is 1.42. The minimum absolute atomic E-state index is 0. The molecule has 1 aliphatic rings. The molecule has 1 aromatic rings. The fourth-order valence-corrected chi connectivity index (χ4v) is 1.42. The Kier molecular flexibility index (Phi) is 4.06. The first-order valence-corrected chi connectivity index (χ1v) is 4.33. The van der Waals surface area contributed by atoms with Gasteiger partial charge in [-0.25, -0.2) is 4.79 Å². The summed E-state index contributed by atoms with van der Waals surface area (Å²) in [5.74, 6) is 0. The molecule has 1 aliphatic heterocycles. The summed E-state index contributed by atoms with van der Waals surface area (Å²) in [6.45, 7) is 0.619. The van der Waals surface area contributed by atoms with Crippen LogP contribution in [0.2, 0.25) is 0 Å². The summed E-state index contributed by atoms with van der Waals surface area (Å²) < 4.78 is 5.02. The van der Waals surface area contributed by atoms with E-state index >= 15 is 0 Å². The molecule has 0 aliphatic carbocycles. The third-order valence-corrected chi connectivity index (χ3v) is 2.05. The zero-order chi connectivity index (χ0) is 9.10. The van der Waals surface area contributed by atoms with Crippen molar-refractivity contribution in [2.24, 2.45) is 0 Å². The van der Waals surface area contributed by atoms with Crippen LogP contribution in [-0.4, -0.2) is 37.6 Å². The summed E-state index contributed by atoms with van der Waals surface area (Å²) >= 11 is 0. The number of ether oxygens (including phenoxy) is 1. The quantitative estimate of drug-likeness (QED) is 0.695. The molecule has 1 aromatic carbocycles. The van der Waals surface area contributed by atoms with Gasteiger partial charge >= 0.3 is 6.09 Å². The van der Waals surface area contributed by atoms with Crippen molar-refractivity contribution in [1.29, 1.82) is 0 Å². The number of carbonyl (C=O) groups excluding carboxylic acids is 1. The monoisotopic (exact) mass is 184 g/mol. The largest absolute Gasteiger partial charge is 0.444 e. The van der Waals surface area contributed by atoms with E-state index in [0.717, 1.165) is 6.42 Å². The summed E-state index contributed by atoms with van der Waals surface area (Å²) in [6.07, 6.45) is 0.482. The third kappa shape index (κ3) is 2.80. The molecule has 69 valence electrons. The van der Waals surface area contributed by atoms with Gasteiger partial charge in [-0.15, -0.1) is 0 Å². The maximum absolute atomic E-state index is 10.7. The number of rotatable bonds is 2. The van der Waals surface area contributed by atoms with Crippen molar-refractivity contribution >= 4 is 25.0 Å². The van der Waals surface area contributed by atoms with E-state index in [9.17, 15) is 4.79 Å². The summed E-state index contributed by atoms with van der Waals surface area (Å²) in [7, 11) is 0. The Labute approximate surface area is 95.0 Å². The van der Waals surface area contributed by atoms with E-state index in [2.05, 4.69) is 5.32 Å². The van der Waals surface area contributed by atoms with Gasteiger partial charge in [-0.2, -0.15) is 0 Å². The van der Waals surface area contributed by atoms with Gasteiger partial charge in [-0.05, 0) is 5.56 Å². The number of amides is 1. The molecule has 3 nitrogen and oxygen atoms in total. The topological polar surface area (TPSA) is 38.3 Å². The van der Waals surface area contributed by atoms with Crippen LogP contribution in [0.15, 0.2) is 30.3 Å². The molecule has 1 unspecified atom stereocenters. The van der Waals surface area contributed by atoms with Crippen LogP contribution in [0.5, 0.6) is 0 Å². The van der Waals surface area contributed by atoms with Crippen molar-refractivity contribution in [3.63, 3.8) is 0 Å². The second-order valence-corrected chi connectivity index (χ2v) is 3.10. The molecule has 2 rings (SSSR count). The predicted molar refractivity (Wildman–Crippen MR) is 54.2 cm³/mol. The molecule has 0 spiro atoms. The van der Waals surface area contributed by atoms with Crippen molar-refractivity contribution in [3.8, 4) is 0 Å². The van der Waals surface area contributed by atoms with Crippen LogP contribution in [-0.2, 0) is 11.2 Å². The van der Waals surface area contributed by atoms with Crippen LogP contribution in [0.1, 0.15) is 5.56 Å². The van der Waals surface area contributed by atoms with Gasteiger partial charge in [0.25, 0.3) is 0 Å². The van der Waals surface area contributed by atoms with Gasteiger partial charge < -0.3 is 10.1 Å². The molecule has 1 N–H and O–H groups in total. The Hall–Kier alpha value is -0.913. The van der Waals surface area contributed by atoms with Gasteiger partial charge in [0.1, 0.15) is 6.10 Å². The van der Waals surface area contributed by atoms with Crippen molar-refractivity contribution in [2.45, 2.75) is 12.5 Å². The maximum Gasteiger partial charge on any atom is 0.407 e. The van der Waals surface area contributed by atoms with E-state index in [-0.39, 0.29) is 31.1 Å². The molecule has 1 saturated heterocycles.